The van der Waals surface area contributed by atoms with Crippen LogP contribution in [0, 0.1) is 0 Å². The standard InChI is InChI=1S/C21H36N8O4/c1-2-3-5-12-18(32)27-13(10-26-12)16(30)21(7-8-21)29-11-14(17(22)31)28-19(33)15(29)6-4-9-25-20(23)24/h12-15,26H,2-11H2,1H3,(H2,22,31)(H,27,32)(H,28,33)(H4,23,24,25)/t12-,13+,14+,15+/m1/s1. The van der Waals surface area contributed by atoms with Gasteiger partial charge in [-0.1, -0.05) is 19.8 Å². The van der Waals surface area contributed by atoms with Crippen LogP contribution >= 0.6 is 0 Å². The van der Waals surface area contributed by atoms with Crippen molar-refractivity contribution in [3.8, 4) is 0 Å². The topological polar surface area (TPSA) is 198 Å². The maximum Gasteiger partial charge on any atom is 0.241 e. The van der Waals surface area contributed by atoms with E-state index < -0.39 is 29.6 Å². The highest BCUT2D eigenvalue weighted by molar-refractivity contribution is 6.00. The third-order valence-electron chi connectivity index (χ3n) is 6.74. The van der Waals surface area contributed by atoms with Gasteiger partial charge in [0.15, 0.2) is 11.7 Å². The Morgan fingerprint density at radius 3 is 2.33 bits per heavy atom. The minimum absolute atomic E-state index is 0.0274. The largest absolute Gasteiger partial charge is 0.370 e. The van der Waals surface area contributed by atoms with E-state index in [1.807, 2.05) is 4.90 Å². The molecule has 0 unspecified atom stereocenters. The van der Waals surface area contributed by atoms with Gasteiger partial charge in [-0.15, -0.1) is 0 Å². The van der Waals surface area contributed by atoms with Gasteiger partial charge in [-0.3, -0.25) is 29.1 Å². The maximum atomic E-state index is 13.6. The molecule has 0 aromatic heterocycles. The van der Waals surface area contributed by atoms with Crippen molar-refractivity contribution < 1.29 is 19.2 Å². The monoisotopic (exact) mass is 464 g/mol. The third kappa shape index (κ3) is 5.61. The van der Waals surface area contributed by atoms with E-state index in [4.69, 9.17) is 17.2 Å². The van der Waals surface area contributed by atoms with Crippen LogP contribution in [0.2, 0.25) is 0 Å². The molecule has 1 aliphatic carbocycles. The zero-order chi connectivity index (χ0) is 24.2. The number of nitrogens with one attached hydrogen (secondary N) is 3. The van der Waals surface area contributed by atoms with E-state index in [2.05, 4.69) is 27.9 Å². The number of guanidine groups is 1. The van der Waals surface area contributed by atoms with Crippen LogP contribution < -0.4 is 33.2 Å². The van der Waals surface area contributed by atoms with E-state index in [1.54, 1.807) is 0 Å². The molecule has 3 fully saturated rings. The number of nitrogens with zero attached hydrogens (tertiary/aromatic N) is 2. The molecule has 0 radical (unpaired) electrons. The Morgan fingerprint density at radius 1 is 1.06 bits per heavy atom. The zero-order valence-corrected chi connectivity index (χ0v) is 19.1. The van der Waals surface area contributed by atoms with Gasteiger partial charge >= 0.3 is 0 Å². The average Bonchev–Trinajstić information content (AvgIpc) is 3.57. The van der Waals surface area contributed by atoms with E-state index >= 15 is 0 Å². The molecule has 2 saturated heterocycles. The lowest BCUT2D eigenvalue weighted by molar-refractivity contribution is -0.144. The summed E-state index contributed by atoms with van der Waals surface area (Å²) in [7, 11) is 0. The number of primary amides is 1. The van der Waals surface area contributed by atoms with Crippen molar-refractivity contribution in [3.05, 3.63) is 0 Å². The van der Waals surface area contributed by atoms with Crippen LogP contribution in [0.1, 0.15) is 51.9 Å². The molecule has 3 rings (SSSR count). The Bertz CT molecular complexity index is 808. The van der Waals surface area contributed by atoms with Gasteiger partial charge in [-0.2, -0.15) is 0 Å². The number of amides is 3. The summed E-state index contributed by atoms with van der Waals surface area (Å²) >= 11 is 0. The van der Waals surface area contributed by atoms with Crippen molar-refractivity contribution in [3.63, 3.8) is 0 Å². The summed E-state index contributed by atoms with van der Waals surface area (Å²) in [5.41, 5.74) is 15.3. The molecule has 12 heteroatoms. The lowest BCUT2D eigenvalue weighted by Crippen LogP contribution is -2.70. The first-order valence-corrected chi connectivity index (χ1v) is 11.7. The molecule has 0 aromatic rings. The molecule has 9 N–H and O–H groups in total. The summed E-state index contributed by atoms with van der Waals surface area (Å²) in [5.74, 6) is -1.34. The smallest absolute Gasteiger partial charge is 0.241 e. The first kappa shape index (κ1) is 24.9. The molecule has 33 heavy (non-hydrogen) atoms. The number of carbonyl (C=O) groups is 4. The normalized spacial score (nSPS) is 29.0. The van der Waals surface area contributed by atoms with Gasteiger partial charge < -0.3 is 33.2 Å². The summed E-state index contributed by atoms with van der Waals surface area (Å²) < 4.78 is 0. The van der Waals surface area contributed by atoms with E-state index in [1.165, 1.54) is 0 Å². The van der Waals surface area contributed by atoms with Crippen molar-refractivity contribution in [1.82, 2.24) is 20.9 Å². The zero-order valence-electron chi connectivity index (χ0n) is 19.1. The summed E-state index contributed by atoms with van der Waals surface area (Å²) in [6, 6.07) is -2.48. The fourth-order valence-corrected chi connectivity index (χ4v) is 4.79. The highest BCUT2D eigenvalue weighted by atomic mass is 16.2. The Balaban J connectivity index is 1.74. The van der Waals surface area contributed by atoms with Crippen molar-refractivity contribution in [1.29, 1.82) is 0 Å². The van der Waals surface area contributed by atoms with Crippen molar-refractivity contribution in [2.75, 3.05) is 19.6 Å². The second-order valence-electron chi connectivity index (χ2n) is 9.14. The summed E-state index contributed by atoms with van der Waals surface area (Å²) in [6.45, 7) is 2.90. The molecule has 3 aliphatic rings. The first-order valence-electron chi connectivity index (χ1n) is 11.7. The first-order chi connectivity index (χ1) is 15.7. The van der Waals surface area contributed by atoms with Gasteiger partial charge in [-0.05, 0) is 32.1 Å². The quantitative estimate of drug-likeness (QED) is 0.109. The number of rotatable bonds is 11. The molecule has 0 aromatic carbocycles. The molecule has 3 amide bonds. The van der Waals surface area contributed by atoms with E-state index in [0.717, 1.165) is 19.3 Å². The predicted molar refractivity (Wildman–Crippen MR) is 122 cm³/mol. The molecule has 1 saturated carbocycles. The minimum Gasteiger partial charge on any atom is -0.370 e. The molecule has 4 atom stereocenters. The Labute approximate surface area is 193 Å². The van der Waals surface area contributed by atoms with Crippen LogP contribution in [0.15, 0.2) is 4.99 Å². The van der Waals surface area contributed by atoms with Crippen LogP contribution in [0.3, 0.4) is 0 Å². The van der Waals surface area contributed by atoms with E-state index in [9.17, 15) is 19.2 Å². The van der Waals surface area contributed by atoms with Crippen LogP contribution in [0.4, 0.5) is 0 Å². The lowest BCUT2D eigenvalue weighted by Gasteiger charge is -2.44. The number of hydrogen-bond donors (Lipinski definition) is 6. The summed E-state index contributed by atoms with van der Waals surface area (Å²) in [5, 5.41) is 8.73. The predicted octanol–water partition coefficient (Wildman–Crippen LogP) is -2.56. The number of Topliss-reactive ketones (excluding diaryl/α,β-unsaturated/α-hetero) is 1. The lowest BCUT2D eigenvalue weighted by atomic mass is 9.92. The molecule has 0 bridgehead atoms. The van der Waals surface area contributed by atoms with Crippen molar-refractivity contribution >= 4 is 29.5 Å². The molecule has 184 valence electrons. The Morgan fingerprint density at radius 2 is 1.76 bits per heavy atom. The van der Waals surface area contributed by atoms with Crippen LogP contribution in [-0.4, -0.2) is 83.7 Å². The number of aliphatic imine (C=N–C) groups is 1. The number of hydrogen-bond acceptors (Lipinski definition) is 7. The van der Waals surface area contributed by atoms with Crippen molar-refractivity contribution in [2.24, 2.45) is 22.2 Å². The van der Waals surface area contributed by atoms with Crippen molar-refractivity contribution in [2.45, 2.75) is 81.6 Å². The van der Waals surface area contributed by atoms with Crippen LogP contribution in [0.25, 0.3) is 0 Å². The average molecular weight is 465 g/mol. The maximum absolute atomic E-state index is 13.6. The van der Waals surface area contributed by atoms with E-state index in [0.29, 0.717) is 38.8 Å². The van der Waals surface area contributed by atoms with Gasteiger partial charge in [0.2, 0.25) is 17.7 Å². The highest BCUT2D eigenvalue weighted by Gasteiger charge is 2.60. The van der Waals surface area contributed by atoms with Gasteiger partial charge in [0.25, 0.3) is 0 Å². The van der Waals surface area contributed by atoms with E-state index in [-0.39, 0.29) is 36.1 Å². The molecule has 2 heterocycles. The highest BCUT2D eigenvalue weighted by Crippen LogP contribution is 2.46. The number of nitrogens with two attached hydrogens (primary N) is 3. The molecular weight excluding hydrogens is 428 g/mol. The molecule has 0 spiro atoms. The van der Waals surface area contributed by atoms with Crippen LogP contribution in [-0.2, 0) is 19.2 Å². The third-order valence-corrected chi connectivity index (χ3v) is 6.74. The number of ketones is 1. The Hall–Kier alpha value is -2.73. The minimum atomic E-state index is -0.901. The van der Waals surface area contributed by atoms with Crippen LogP contribution in [0.5, 0.6) is 0 Å². The number of piperazine rings is 2. The van der Waals surface area contributed by atoms with Gasteiger partial charge in [0, 0.05) is 19.6 Å². The van der Waals surface area contributed by atoms with Gasteiger partial charge in [-0.25, -0.2) is 0 Å². The molecular formula is C21H36N8O4. The fraction of sp³-hybridized carbons (Fsp3) is 0.762. The SMILES string of the molecule is CCCC[C@H]1NC[C@@H](C(=O)C2(N3C[C@@H](C(N)=O)NC(=O)[C@@H]3CCCN=C(N)N)CC2)NC1=O. The molecule has 2 aliphatic heterocycles. The second kappa shape index (κ2) is 10.5. The summed E-state index contributed by atoms with van der Waals surface area (Å²) in [4.78, 5) is 56.6. The number of carbonyl (C=O) groups excluding carboxylic acids is 4. The van der Waals surface area contributed by atoms with Gasteiger partial charge in [0.05, 0.1) is 17.6 Å². The number of unbranched alkanes of at least 4 members (excludes halogenated alkanes) is 1. The second-order valence-corrected chi connectivity index (χ2v) is 9.14. The van der Waals surface area contributed by atoms with Gasteiger partial charge in [0.1, 0.15) is 12.1 Å². The fourth-order valence-electron chi connectivity index (χ4n) is 4.79. The Kier molecular flexibility index (Phi) is 7.90. The molecule has 12 nitrogen and oxygen atoms in total. The summed E-state index contributed by atoms with van der Waals surface area (Å²) in [6.07, 6.45) is 4.68.